The molecular formula is C11H16N4O5S. The first kappa shape index (κ1) is 17.0. The number of nitrogens with two attached hydrogens (primary N) is 1. The summed E-state index contributed by atoms with van der Waals surface area (Å²) in [5.74, 6) is -3.69. The smallest absolute Gasteiger partial charge is 0.254 e. The van der Waals surface area contributed by atoms with E-state index < -0.39 is 11.9 Å². The zero-order valence-electron chi connectivity index (χ0n) is 11.6. The summed E-state index contributed by atoms with van der Waals surface area (Å²) >= 11 is 1.21. The van der Waals surface area contributed by atoms with Gasteiger partial charge in [-0.25, -0.2) is 0 Å². The molecule has 1 aromatic rings. The predicted octanol–water partition coefficient (Wildman–Crippen LogP) is -5.19. The summed E-state index contributed by atoms with van der Waals surface area (Å²) in [5, 5.41) is 20.0. The van der Waals surface area contributed by atoms with Crippen LogP contribution >= 0.6 is 11.7 Å². The van der Waals surface area contributed by atoms with Crippen molar-refractivity contribution in [1.29, 1.82) is 0 Å². The summed E-state index contributed by atoms with van der Waals surface area (Å²) in [6.45, 7) is 4.66. The minimum Gasteiger partial charge on any atom is -0.543 e. The van der Waals surface area contributed by atoms with E-state index in [0.717, 1.165) is 18.9 Å². The van der Waals surface area contributed by atoms with E-state index in [4.69, 9.17) is 24.5 Å². The van der Waals surface area contributed by atoms with Crippen LogP contribution in [-0.2, 0) is 9.59 Å². The molecule has 9 nitrogen and oxygen atoms in total. The summed E-state index contributed by atoms with van der Waals surface area (Å²) in [5.41, 5.74) is 2.13. The number of ether oxygens (including phenoxy) is 1. The van der Waals surface area contributed by atoms with Crippen LogP contribution in [0.4, 0.5) is 0 Å². The first-order valence-electron chi connectivity index (χ1n) is 6.17. The molecule has 1 atom stereocenters. The van der Waals surface area contributed by atoms with Gasteiger partial charge in [0.2, 0.25) is 6.67 Å². The van der Waals surface area contributed by atoms with Crippen LogP contribution in [0.1, 0.15) is 12.6 Å². The second-order valence-electron chi connectivity index (χ2n) is 4.19. The SMILES string of the molecule is CCOc1nsnc1C1=C[NH2+]C[NH+](C)C1.O=C([O-])C(=O)[O-]. The third-order valence-corrected chi connectivity index (χ3v) is 3.00. The molecule has 0 amide bonds. The number of rotatable bonds is 3. The minimum atomic E-state index is -2.19. The quantitative estimate of drug-likeness (QED) is 0.532. The van der Waals surface area contributed by atoms with Crippen molar-refractivity contribution in [2.45, 2.75) is 6.92 Å². The van der Waals surface area contributed by atoms with E-state index in [0.29, 0.717) is 12.5 Å². The molecular weight excluding hydrogens is 300 g/mol. The number of carboxylic acids is 2. The lowest BCUT2D eigenvalue weighted by atomic mass is 10.2. The molecule has 0 spiro atoms. The Balaban J connectivity index is 0.000000315. The highest BCUT2D eigenvalue weighted by atomic mass is 32.1. The molecule has 1 aliphatic rings. The second kappa shape index (κ2) is 8.29. The highest BCUT2D eigenvalue weighted by Gasteiger charge is 2.22. The van der Waals surface area contributed by atoms with Crippen LogP contribution in [0.5, 0.6) is 5.88 Å². The largest absolute Gasteiger partial charge is 0.543 e. The molecule has 0 saturated carbocycles. The molecule has 0 bridgehead atoms. The van der Waals surface area contributed by atoms with Gasteiger partial charge in [-0.3, -0.25) is 10.2 Å². The number of carboxylic acid groups (broad SMARTS) is 2. The summed E-state index contributed by atoms with van der Waals surface area (Å²) in [6, 6.07) is 0. The van der Waals surface area contributed by atoms with Gasteiger partial charge in [0.05, 0.1) is 42.9 Å². The van der Waals surface area contributed by atoms with E-state index in [-0.39, 0.29) is 0 Å². The standard InChI is InChI=1S/C9H14N4OS.C2H2O4/c1-3-14-9-8(11-15-12-9)7-4-10-6-13(2)5-7;3-1(4)2(5)6/h4,10H,3,5-6H2,1-2H3;(H,3,4)(H,5,6). The van der Waals surface area contributed by atoms with Crippen LogP contribution in [0.15, 0.2) is 6.20 Å². The number of carbonyl (C=O) groups excluding carboxylic acids is 2. The molecule has 0 fully saturated rings. The van der Waals surface area contributed by atoms with Crippen LogP contribution in [0.3, 0.4) is 0 Å². The Kier molecular flexibility index (Phi) is 6.72. The fraction of sp³-hybridized carbons (Fsp3) is 0.455. The van der Waals surface area contributed by atoms with Crippen molar-refractivity contribution in [3.05, 3.63) is 11.9 Å². The van der Waals surface area contributed by atoms with E-state index in [2.05, 4.69) is 27.3 Å². The van der Waals surface area contributed by atoms with Crippen LogP contribution in [-0.4, -0.2) is 47.6 Å². The van der Waals surface area contributed by atoms with Gasteiger partial charge in [-0.2, -0.15) is 4.37 Å². The first-order chi connectivity index (χ1) is 9.95. The van der Waals surface area contributed by atoms with Gasteiger partial charge in [0.15, 0.2) is 5.69 Å². The Hall–Kier alpha value is -2.04. The van der Waals surface area contributed by atoms with E-state index in [1.165, 1.54) is 22.2 Å². The van der Waals surface area contributed by atoms with E-state index >= 15 is 0 Å². The predicted molar refractivity (Wildman–Crippen MR) is 67.6 cm³/mol. The zero-order valence-corrected chi connectivity index (χ0v) is 12.4. The molecule has 1 aliphatic heterocycles. The van der Waals surface area contributed by atoms with Crippen LogP contribution in [0.25, 0.3) is 5.57 Å². The van der Waals surface area contributed by atoms with Crippen LogP contribution in [0, 0.1) is 0 Å². The average Bonchev–Trinajstić information content (AvgIpc) is 2.88. The summed E-state index contributed by atoms with van der Waals surface area (Å²) in [6.07, 6.45) is 2.13. The van der Waals surface area contributed by atoms with Gasteiger partial charge in [-0.05, 0) is 6.92 Å². The van der Waals surface area contributed by atoms with Crippen molar-refractivity contribution in [2.24, 2.45) is 0 Å². The van der Waals surface area contributed by atoms with Gasteiger partial charge in [0, 0.05) is 0 Å². The third kappa shape index (κ3) is 5.45. The molecule has 0 aromatic carbocycles. The van der Waals surface area contributed by atoms with Crippen molar-refractivity contribution in [3.8, 4) is 5.88 Å². The molecule has 0 aliphatic carbocycles. The summed E-state index contributed by atoms with van der Waals surface area (Å²) in [4.78, 5) is 19.3. The lowest BCUT2D eigenvalue weighted by Gasteiger charge is -2.16. The monoisotopic (exact) mass is 316 g/mol. The molecule has 21 heavy (non-hydrogen) atoms. The number of hydrogen-bond acceptors (Lipinski definition) is 8. The Morgan fingerprint density at radius 2 is 2.10 bits per heavy atom. The van der Waals surface area contributed by atoms with Gasteiger partial charge >= 0.3 is 0 Å². The number of nitrogens with zero attached hydrogens (tertiary/aromatic N) is 2. The van der Waals surface area contributed by atoms with Gasteiger partial charge in [-0.15, -0.1) is 4.37 Å². The number of likely N-dealkylation sites (N-methyl/N-ethyl adjacent to an activating group) is 1. The van der Waals surface area contributed by atoms with Gasteiger partial charge in [0.1, 0.15) is 12.7 Å². The van der Waals surface area contributed by atoms with E-state index in [1.54, 1.807) is 0 Å². The average molecular weight is 316 g/mol. The van der Waals surface area contributed by atoms with Gasteiger partial charge < -0.3 is 24.5 Å². The molecule has 0 saturated heterocycles. The molecule has 10 heteroatoms. The van der Waals surface area contributed by atoms with Crippen molar-refractivity contribution in [1.82, 2.24) is 8.75 Å². The van der Waals surface area contributed by atoms with Gasteiger partial charge in [-0.1, -0.05) is 0 Å². The minimum absolute atomic E-state index is 0.637. The molecule has 116 valence electrons. The molecule has 1 aromatic heterocycles. The molecule has 2 heterocycles. The topological polar surface area (TPSA) is 136 Å². The summed E-state index contributed by atoms with van der Waals surface area (Å²) in [7, 11) is 2.17. The molecule has 3 N–H and O–H groups in total. The fourth-order valence-corrected chi connectivity index (χ4v) is 2.16. The Labute approximate surface area is 125 Å². The van der Waals surface area contributed by atoms with Crippen molar-refractivity contribution >= 4 is 29.2 Å². The number of carbonyl (C=O) groups is 2. The fourth-order valence-electron chi connectivity index (χ4n) is 1.63. The number of nitrogens with one attached hydrogen (secondary N) is 1. The lowest BCUT2D eigenvalue weighted by molar-refractivity contribution is -0.978. The van der Waals surface area contributed by atoms with Crippen molar-refractivity contribution in [2.75, 3.05) is 26.9 Å². The van der Waals surface area contributed by atoms with E-state index in [1.807, 2.05) is 6.92 Å². The second-order valence-corrected chi connectivity index (χ2v) is 4.72. The van der Waals surface area contributed by atoms with Crippen LogP contribution in [0.2, 0.25) is 0 Å². The van der Waals surface area contributed by atoms with Gasteiger partial charge in [0.25, 0.3) is 5.88 Å². The maximum atomic E-state index is 8.93. The normalized spacial score (nSPS) is 17.2. The van der Waals surface area contributed by atoms with Crippen molar-refractivity contribution < 1.29 is 34.8 Å². The number of quaternary nitrogens is 2. The van der Waals surface area contributed by atoms with Crippen molar-refractivity contribution in [3.63, 3.8) is 0 Å². The highest BCUT2D eigenvalue weighted by Crippen LogP contribution is 2.22. The molecule has 0 radical (unpaired) electrons. The zero-order chi connectivity index (χ0) is 15.8. The van der Waals surface area contributed by atoms with E-state index in [9.17, 15) is 0 Å². The number of aromatic nitrogens is 2. The summed E-state index contributed by atoms with van der Waals surface area (Å²) < 4.78 is 13.9. The Morgan fingerprint density at radius 1 is 1.43 bits per heavy atom. The first-order valence-corrected chi connectivity index (χ1v) is 6.90. The maximum Gasteiger partial charge on any atom is 0.254 e. The number of aliphatic carboxylic acids is 2. The van der Waals surface area contributed by atoms with Crippen LogP contribution < -0.4 is 25.2 Å². The lowest BCUT2D eigenvalue weighted by Crippen LogP contribution is -3.20. The Morgan fingerprint density at radius 3 is 2.62 bits per heavy atom. The molecule has 1 unspecified atom stereocenters. The Bertz CT molecular complexity index is 518. The number of hydrogen-bond donors (Lipinski definition) is 2. The highest BCUT2D eigenvalue weighted by molar-refractivity contribution is 6.99. The third-order valence-electron chi connectivity index (χ3n) is 2.49. The maximum absolute atomic E-state index is 8.93. The molecule has 2 rings (SSSR count).